The van der Waals surface area contributed by atoms with Crippen LogP contribution in [0.3, 0.4) is 0 Å². The third kappa shape index (κ3) is 1.85. The van der Waals surface area contributed by atoms with Gasteiger partial charge in [0.05, 0.1) is 5.52 Å². The van der Waals surface area contributed by atoms with Crippen molar-refractivity contribution in [2.75, 3.05) is 0 Å². The molecule has 0 amide bonds. The zero-order valence-electron chi connectivity index (χ0n) is 10.5. The molecular weight excluding hydrogens is 246 g/mol. The Morgan fingerprint density at radius 3 is 2.78 bits per heavy atom. The molecule has 0 saturated heterocycles. The largest absolute Gasteiger partial charge is 0.358 e. The lowest BCUT2D eigenvalue weighted by Gasteiger charge is -2.10. The van der Waals surface area contributed by atoms with Gasteiger partial charge in [0, 0.05) is 21.7 Å². The Morgan fingerprint density at radius 2 is 1.94 bits per heavy atom. The van der Waals surface area contributed by atoms with E-state index in [0.717, 1.165) is 47.0 Å². The number of aromatic nitrogens is 1. The van der Waals surface area contributed by atoms with Crippen LogP contribution in [0.5, 0.6) is 0 Å². The van der Waals surface area contributed by atoms with E-state index in [9.17, 15) is 4.79 Å². The van der Waals surface area contributed by atoms with Crippen LogP contribution in [-0.4, -0.2) is 4.98 Å². The first-order valence-corrected chi connectivity index (χ1v) is 6.88. The summed E-state index contributed by atoms with van der Waals surface area (Å²) < 4.78 is 0. The molecule has 3 heteroatoms. The van der Waals surface area contributed by atoms with Crippen molar-refractivity contribution in [3.05, 3.63) is 44.2 Å². The molecule has 0 unspecified atom stereocenters. The van der Waals surface area contributed by atoms with E-state index in [0.29, 0.717) is 5.02 Å². The van der Waals surface area contributed by atoms with Crippen LogP contribution in [0.4, 0.5) is 0 Å². The van der Waals surface area contributed by atoms with Gasteiger partial charge in [0.2, 0.25) is 0 Å². The van der Waals surface area contributed by atoms with Gasteiger partial charge in [-0.2, -0.15) is 0 Å². The van der Waals surface area contributed by atoms with Crippen molar-refractivity contribution in [2.24, 2.45) is 0 Å². The second-order valence-electron chi connectivity index (χ2n) is 5.12. The van der Waals surface area contributed by atoms with E-state index < -0.39 is 0 Å². The topological polar surface area (TPSA) is 32.9 Å². The third-order valence-corrected chi connectivity index (χ3v) is 4.03. The number of hydrogen-bond donors (Lipinski definition) is 1. The lowest BCUT2D eigenvalue weighted by atomic mass is 10.0. The van der Waals surface area contributed by atoms with Crippen LogP contribution in [-0.2, 0) is 12.8 Å². The molecule has 0 fully saturated rings. The summed E-state index contributed by atoms with van der Waals surface area (Å²) in [6, 6.07) is 3.69. The summed E-state index contributed by atoms with van der Waals surface area (Å²) in [6.07, 6.45) is 5.37. The number of hydrogen-bond acceptors (Lipinski definition) is 1. The number of rotatable bonds is 0. The fraction of sp³-hybridized carbons (Fsp3) is 0.400. The van der Waals surface area contributed by atoms with Gasteiger partial charge < -0.3 is 4.98 Å². The van der Waals surface area contributed by atoms with Crippen LogP contribution in [0, 0.1) is 6.92 Å². The lowest BCUT2D eigenvalue weighted by Crippen LogP contribution is -2.14. The van der Waals surface area contributed by atoms with Crippen LogP contribution in [0.25, 0.3) is 10.9 Å². The number of aryl methyl sites for hydroxylation is 2. The Balaban J connectivity index is 2.38. The highest BCUT2D eigenvalue weighted by atomic mass is 35.5. The summed E-state index contributed by atoms with van der Waals surface area (Å²) in [6.45, 7) is 1.99. The van der Waals surface area contributed by atoms with E-state index >= 15 is 0 Å². The molecule has 1 N–H and O–H groups in total. The zero-order chi connectivity index (χ0) is 12.7. The second-order valence-corrected chi connectivity index (χ2v) is 5.55. The van der Waals surface area contributed by atoms with Crippen molar-refractivity contribution < 1.29 is 0 Å². The number of H-pyrrole nitrogens is 1. The summed E-state index contributed by atoms with van der Waals surface area (Å²) in [5.74, 6) is 0. The van der Waals surface area contributed by atoms with E-state index in [4.69, 9.17) is 11.6 Å². The molecule has 1 heterocycles. The fourth-order valence-electron chi connectivity index (χ4n) is 2.87. The minimum Gasteiger partial charge on any atom is -0.358 e. The molecule has 1 aliphatic carbocycles. The molecule has 18 heavy (non-hydrogen) atoms. The number of nitrogens with one attached hydrogen (secondary N) is 1. The molecule has 0 atom stereocenters. The van der Waals surface area contributed by atoms with E-state index in [1.807, 2.05) is 13.0 Å². The minimum absolute atomic E-state index is 0.172. The van der Waals surface area contributed by atoms with Crippen LogP contribution < -0.4 is 5.43 Å². The van der Waals surface area contributed by atoms with Crippen molar-refractivity contribution in [1.29, 1.82) is 0 Å². The number of fused-ring (bicyclic) bond motifs is 2. The Labute approximate surface area is 111 Å². The van der Waals surface area contributed by atoms with Gasteiger partial charge in [-0.05, 0) is 50.3 Å². The number of pyridine rings is 1. The van der Waals surface area contributed by atoms with Gasteiger partial charge in [-0.1, -0.05) is 18.0 Å². The normalized spacial score (nSPS) is 15.4. The number of benzene rings is 1. The standard InChI is InChI=1S/C15H16ClNO/c1-9-7-10(16)8-12-14(9)17-13-6-4-2-3-5-11(13)15(12)18/h7-8H,2-6H2,1H3,(H,17,18). The van der Waals surface area contributed by atoms with Crippen molar-refractivity contribution in [1.82, 2.24) is 4.98 Å². The van der Waals surface area contributed by atoms with Crippen molar-refractivity contribution in [3.8, 4) is 0 Å². The maximum atomic E-state index is 12.6. The molecule has 3 rings (SSSR count). The minimum atomic E-state index is 0.172. The first kappa shape index (κ1) is 11.8. The number of halogens is 1. The summed E-state index contributed by atoms with van der Waals surface area (Å²) in [7, 11) is 0. The van der Waals surface area contributed by atoms with Crippen LogP contribution in [0.2, 0.25) is 5.02 Å². The van der Waals surface area contributed by atoms with Gasteiger partial charge in [-0.25, -0.2) is 0 Å². The summed E-state index contributed by atoms with van der Waals surface area (Å²) in [4.78, 5) is 16.0. The highest BCUT2D eigenvalue weighted by molar-refractivity contribution is 6.31. The van der Waals surface area contributed by atoms with Crippen molar-refractivity contribution in [2.45, 2.75) is 39.0 Å². The van der Waals surface area contributed by atoms with E-state index in [2.05, 4.69) is 4.98 Å². The Bertz CT molecular complexity index is 672. The van der Waals surface area contributed by atoms with Gasteiger partial charge in [0.15, 0.2) is 5.43 Å². The molecule has 1 aromatic heterocycles. The quantitative estimate of drug-likeness (QED) is 0.720. The molecule has 1 aliphatic rings. The Kier molecular flexibility index (Phi) is 2.90. The molecule has 0 spiro atoms. The van der Waals surface area contributed by atoms with Crippen LogP contribution in [0.1, 0.15) is 36.1 Å². The van der Waals surface area contributed by atoms with Crippen molar-refractivity contribution in [3.63, 3.8) is 0 Å². The van der Waals surface area contributed by atoms with Gasteiger partial charge in [-0.15, -0.1) is 0 Å². The summed E-state index contributed by atoms with van der Waals surface area (Å²) in [5.41, 5.74) is 4.27. The van der Waals surface area contributed by atoms with Gasteiger partial charge in [0.25, 0.3) is 0 Å². The van der Waals surface area contributed by atoms with Crippen LogP contribution in [0.15, 0.2) is 16.9 Å². The average molecular weight is 262 g/mol. The molecule has 1 aromatic carbocycles. The van der Waals surface area contributed by atoms with E-state index in [1.54, 1.807) is 6.07 Å². The highest BCUT2D eigenvalue weighted by Gasteiger charge is 2.15. The SMILES string of the molecule is Cc1cc(Cl)cc2c(=O)c3c([nH]c12)CCCCC3. The van der Waals surface area contributed by atoms with E-state index in [-0.39, 0.29) is 5.43 Å². The maximum Gasteiger partial charge on any atom is 0.192 e. The molecular formula is C15H16ClNO. The number of aromatic amines is 1. The average Bonchev–Trinajstić information content (AvgIpc) is 2.56. The Hall–Kier alpha value is -1.28. The molecule has 2 nitrogen and oxygen atoms in total. The molecule has 0 bridgehead atoms. The van der Waals surface area contributed by atoms with Crippen LogP contribution >= 0.6 is 11.6 Å². The van der Waals surface area contributed by atoms with E-state index in [1.165, 1.54) is 12.8 Å². The zero-order valence-corrected chi connectivity index (χ0v) is 11.2. The Morgan fingerprint density at radius 1 is 1.17 bits per heavy atom. The van der Waals surface area contributed by atoms with Crippen molar-refractivity contribution >= 4 is 22.5 Å². The molecule has 0 radical (unpaired) electrons. The summed E-state index contributed by atoms with van der Waals surface area (Å²) >= 11 is 6.06. The predicted molar refractivity (Wildman–Crippen MR) is 75.6 cm³/mol. The molecule has 0 saturated carbocycles. The first-order valence-electron chi connectivity index (χ1n) is 6.50. The summed E-state index contributed by atoms with van der Waals surface area (Å²) in [5, 5.41) is 1.37. The first-order chi connectivity index (χ1) is 8.66. The van der Waals surface area contributed by atoms with Gasteiger partial charge in [-0.3, -0.25) is 4.79 Å². The smallest absolute Gasteiger partial charge is 0.192 e. The molecule has 0 aliphatic heterocycles. The van der Waals surface area contributed by atoms with Gasteiger partial charge >= 0.3 is 0 Å². The van der Waals surface area contributed by atoms with Gasteiger partial charge in [0.1, 0.15) is 0 Å². The maximum absolute atomic E-state index is 12.6. The monoisotopic (exact) mass is 261 g/mol. The molecule has 94 valence electrons. The highest BCUT2D eigenvalue weighted by Crippen LogP contribution is 2.24. The fourth-order valence-corrected chi connectivity index (χ4v) is 3.14. The predicted octanol–water partition coefficient (Wildman–Crippen LogP) is 3.76. The lowest BCUT2D eigenvalue weighted by molar-refractivity contribution is 0.708. The molecule has 2 aromatic rings. The second kappa shape index (κ2) is 4.43. The third-order valence-electron chi connectivity index (χ3n) is 3.81.